The molecule has 1 saturated heterocycles. The summed E-state index contributed by atoms with van der Waals surface area (Å²) in [5.41, 5.74) is 6.15. The third-order valence-electron chi connectivity index (χ3n) is 5.74. The van der Waals surface area contributed by atoms with Crippen molar-refractivity contribution in [3.63, 3.8) is 0 Å². The molecule has 0 radical (unpaired) electrons. The van der Waals surface area contributed by atoms with Crippen LogP contribution in [0, 0.1) is 20.2 Å². The van der Waals surface area contributed by atoms with E-state index >= 15 is 0 Å². The van der Waals surface area contributed by atoms with Crippen molar-refractivity contribution in [1.82, 2.24) is 10.2 Å². The first-order valence-electron chi connectivity index (χ1n) is 11.3. The lowest BCUT2D eigenvalue weighted by Crippen LogP contribution is -2.43. The molecule has 14 nitrogen and oxygen atoms in total. The summed E-state index contributed by atoms with van der Waals surface area (Å²) in [6.45, 7) is 0.00270. The van der Waals surface area contributed by atoms with Crippen molar-refractivity contribution in [2.75, 3.05) is 13.1 Å². The molecule has 0 aliphatic carbocycles. The molecular weight excluding hydrogens is 522 g/mol. The fourth-order valence-corrected chi connectivity index (χ4v) is 4.28. The Bertz CT molecular complexity index is 1220. The van der Waals surface area contributed by atoms with Crippen molar-refractivity contribution in [3.8, 4) is 0 Å². The zero-order valence-electron chi connectivity index (χ0n) is 20.0. The quantitative estimate of drug-likeness (QED) is 0.227. The van der Waals surface area contributed by atoms with Gasteiger partial charge in [0.05, 0.1) is 22.3 Å². The first-order valence-corrected chi connectivity index (χ1v) is 11.8. The molecule has 0 spiro atoms. The molecule has 202 valence electrons. The van der Waals surface area contributed by atoms with E-state index in [9.17, 15) is 34.6 Å². The molecule has 15 heteroatoms. The van der Waals surface area contributed by atoms with Crippen LogP contribution in [0.1, 0.15) is 23.1 Å². The number of non-ortho nitro benzene ring substituents is 2. The second-order valence-corrected chi connectivity index (χ2v) is 9.21. The Labute approximate surface area is 221 Å². The minimum atomic E-state index is -0.796. The molecule has 0 saturated carbocycles. The Hall–Kier alpha value is -4.40. The summed E-state index contributed by atoms with van der Waals surface area (Å²) in [6, 6.07) is 9.01. The number of nitrogens with zero attached hydrogens (tertiary/aromatic N) is 3. The predicted octanol–water partition coefficient (Wildman–Crippen LogP) is 2.47. The highest BCUT2D eigenvalue weighted by atomic mass is 32.1. The van der Waals surface area contributed by atoms with Gasteiger partial charge in [-0.25, -0.2) is 9.59 Å². The normalized spacial score (nSPS) is 16.5. The van der Waals surface area contributed by atoms with Gasteiger partial charge in [-0.1, -0.05) is 0 Å². The maximum Gasteiger partial charge on any atom is 0.410 e. The number of thiol groups is 1. The van der Waals surface area contributed by atoms with E-state index in [0.29, 0.717) is 24.1 Å². The smallest absolute Gasteiger partial charge is 0.410 e. The molecule has 2 atom stereocenters. The summed E-state index contributed by atoms with van der Waals surface area (Å²) in [7, 11) is 0. The molecule has 1 fully saturated rings. The van der Waals surface area contributed by atoms with Gasteiger partial charge in [0, 0.05) is 42.6 Å². The second-order valence-electron chi connectivity index (χ2n) is 8.48. The van der Waals surface area contributed by atoms with Gasteiger partial charge in [0.15, 0.2) is 0 Å². The molecular formula is C23H25N5O9S. The Morgan fingerprint density at radius 1 is 1.00 bits per heavy atom. The predicted molar refractivity (Wildman–Crippen MR) is 135 cm³/mol. The zero-order valence-corrected chi connectivity index (χ0v) is 20.9. The summed E-state index contributed by atoms with van der Waals surface area (Å²) in [5.74, 6) is -0.695. The van der Waals surface area contributed by atoms with Gasteiger partial charge >= 0.3 is 12.2 Å². The lowest BCUT2D eigenvalue weighted by molar-refractivity contribution is -0.385. The van der Waals surface area contributed by atoms with Crippen LogP contribution in [0.4, 0.5) is 21.0 Å². The summed E-state index contributed by atoms with van der Waals surface area (Å²) in [6.07, 6.45) is -1.19. The van der Waals surface area contributed by atoms with Crippen LogP contribution in [0.25, 0.3) is 0 Å². The molecule has 3 amide bonds. The second kappa shape index (κ2) is 12.7. The van der Waals surface area contributed by atoms with Gasteiger partial charge in [-0.15, -0.1) is 0 Å². The maximum atomic E-state index is 12.6. The van der Waals surface area contributed by atoms with Crippen LogP contribution in [0.3, 0.4) is 0 Å². The Kier molecular flexibility index (Phi) is 9.43. The van der Waals surface area contributed by atoms with Crippen molar-refractivity contribution < 1.29 is 33.7 Å². The molecule has 0 aromatic heterocycles. The Morgan fingerprint density at radius 3 is 2.29 bits per heavy atom. The number of alkyl carbamates (subject to hydrolysis) is 1. The average Bonchev–Trinajstić information content (AvgIpc) is 3.25. The van der Waals surface area contributed by atoms with Crippen molar-refractivity contribution in [3.05, 3.63) is 79.4 Å². The number of nitro benzene ring substituents is 2. The zero-order chi connectivity index (χ0) is 27.8. The van der Waals surface area contributed by atoms with E-state index in [1.165, 1.54) is 47.4 Å². The van der Waals surface area contributed by atoms with Crippen LogP contribution in [0.15, 0.2) is 42.5 Å². The van der Waals surface area contributed by atoms with E-state index in [0.717, 1.165) is 0 Å². The third-order valence-corrected chi connectivity index (χ3v) is 6.12. The third kappa shape index (κ3) is 7.80. The van der Waals surface area contributed by atoms with Gasteiger partial charge in [-0.3, -0.25) is 25.0 Å². The van der Waals surface area contributed by atoms with E-state index in [4.69, 9.17) is 15.2 Å². The number of nitrogens with two attached hydrogens (primary N) is 1. The number of benzene rings is 2. The van der Waals surface area contributed by atoms with E-state index in [-0.39, 0.29) is 48.4 Å². The van der Waals surface area contributed by atoms with Crippen molar-refractivity contribution in [1.29, 1.82) is 0 Å². The molecule has 1 aliphatic rings. The summed E-state index contributed by atoms with van der Waals surface area (Å²) < 4.78 is 10.5. The number of primary amides is 1. The number of hydrogen-bond acceptors (Lipinski definition) is 10. The number of rotatable bonds is 10. The van der Waals surface area contributed by atoms with Gasteiger partial charge in [-0.2, -0.15) is 12.6 Å². The monoisotopic (exact) mass is 547 g/mol. The van der Waals surface area contributed by atoms with Crippen LogP contribution in [0.2, 0.25) is 0 Å². The molecule has 2 aromatic carbocycles. The van der Waals surface area contributed by atoms with Crippen molar-refractivity contribution >= 4 is 42.1 Å². The largest absolute Gasteiger partial charge is 0.445 e. The molecule has 1 heterocycles. The van der Waals surface area contributed by atoms with E-state index in [1.807, 2.05) is 0 Å². The van der Waals surface area contributed by atoms with Gasteiger partial charge < -0.3 is 25.4 Å². The number of carbonyl (C=O) groups excluding carboxylic acids is 3. The van der Waals surface area contributed by atoms with Crippen LogP contribution >= 0.6 is 12.6 Å². The minimum Gasteiger partial charge on any atom is -0.445 e. The number of amides is 3. The minimum absolute atomic E-state index is 0.0525. The first kappa shape index (κ1) is 28.2. The fourth-order valence-electron chi connectivity index (χ4n) is 3.87. The summed E-state index contributed by atoms with van der Waals surface area (Å²) >= 11 is 4.43. The Morgan fingerprint density at radius 2 is 1.66 bits per heavy atom. The average molecular weight is 548 g/mol. The van der Waals surface area contributed by atoms with E-state index in [2.05, 4.69) is 17.9 Å². The van der Waals surface area contributed by atoms with Crippen molar-refractivity contribution in [2.24, 2.45) is 5.73 Å². The summed E-state index contributed by atoms with van der Waals surface area (Å²) in [5, 5.41) is 24.2. The molecule has 38 heavy (non-hydrogen) atoms. The number of ether oxygens (including phenoxy) is 2. The van der Waals surface area contributed by atoms with Gasteiger partial charge in [0.25, 0.3) is 11.4 Å². The molecule has 3 N–H and O–H groups in total. The highest BCUT2D eigenvalue weighted by molar-refractivity contribution is 7.81. The number of nitro groups is 2. The number of nitrogens with one attached hydrogen (secondary N) is 1. The molecule has 0 bridgehead atoms. The number of carbonyl (C=O) groups is 3. The van der Waals surface area contributed by atoms with E-state index in [1.54, 1.807) is 0 Å². The summed E-state index contributed by atoms with van der Waals surface area (Å²) in [4.78, 5) is 58.3. The maximum absolute atomic E-state index is 12.6. The van der Waals surface area contributed by atoms with Crippen LogP contribution in [-0.2, 0) is 33.9 Å². The molecule has 0 unspecified atom stereocenters. The standard InChI is InChI=1S/C23H25N5O9S/c24-21(29)8-16-7-18(28(34)35)6-3-15(16)13-36-22(30)25-10-19-9-20(38)11-26(19)23(31)37-12-14-1-4-17(5-2-14)27(32)33/h1-7,19-20,38H,8-13H2,(H2,24,29)(H,25,30)/t19-,20-/m0/s1. The Balaban J connectivity index is 1.52. The SMILES string of the molecule is NC(=O)Cc1cc([N+](=O)[O-])ccc1COC(=O)NC[C@@H]1C[C@H](S)CN1C(=O)OCc1ccc([N+](=O)[O-])cc1. The van der Waals surface area contributed by atoms with Crippen molar-refractivity contribution in [2.45, 2.75) is 37.3 Å². The van der Waals surface area contributed by atoms with Gasteiger partial charge in [0.2, 0.25) is 5.91 Å². The highest BCUT2D eigenvalue weighted by Gasteiger charge is 2.35. The number of hydrogen-bond donors (Lipinski definition) is 3. The topological polar surface area (TPSA) is 197 Å². The number of likely N-dealkylation sites (tertiary alicyclic amines) is 1. The lowest BCUT2D eigenvalue weighted by atomic mass is 10.0. The first-order chi connectivity index (χ1) is 18.0. The fraction of sp³-hybridized carbons (Fsp3) is 0.348. The lowest BCUT2D eigenvalue weighted by Gasteiger charge is -2.24. The molecule has 2 aromatic rings. The molecule has 1 aliphatic heterocycles. The van der Waals surface area contributed by atoms with Gasteiger partial charge in [0.1, 0.15) is 13.2 Å². The van der Waals surface area contributed by atoms with Crippen LogP contribution in [-0.4, -0.2) is 57.2 Å². The van der Waals surface area contributed by atoms with Crippen LogP contribution in [0.5, 0.6) is 0 Å². The van der Waals surface area contributed by atoms with E-state index < -0.39 is 34.0 Å². The van der Waals surface area contributed by atoms with Gasteiger partial charge in [-0.05, 0) is 41.3 Å². The highest BCUT2D eigenvalue weighted by Crippen LogP contribution is 2.23. The van der Waals surface area contributed by atoms with Crippen LogP contribution < -0.4 is 11.1 Å². The molecule has 3 rings (SSSR count).